The van der Waals surface area contributed by atoms with E-state index >= 15 is 0 Å². The fourth-order valence-corrected chi connectivity index (χ4v) is 7.47. The molecule has 0 fully saturated rings. The molecule has 59 heavy (non-hydrogen) atoms. The van der Waals surface area contributed by atoms with Crippen LogP contribution in [0, 0.1) is 0 Å². The fraction of sp³-hybridized carbons (Fsp3) is 0.102. The summed E-state index contributed by atoms with van der Waals surface area (Å²) < 4.78 is 8.41. The van der Waals surface area contributed by atoms with Gasteiger partial charge in [0.05, 0.1) is 42.4 Å². The number of esters is 1. The molecule has 0 radical (unpaired) electrons. The molecular weight excluding hydrogens is 783 g/mol. The molecule has 0 saturated heterocycles. The number of pyridine rings is 2. The number of carboxylic acids is 1. The van der Waals surface area contributed by atoms with Crippen molar-refractivity contribution in [3.05, 3.63) is 233 Å². The summed E-state index contributed by atoms with van der Waals surface area (Å²) in [6.07, 6.45) is 1.02. The Hall–Kier alpha value is -6.74. The number of hydrogen-bond acceptors (Lipinski definition) is 5. The average Bonchev–Trinajstić information content (AvgIpc) is 3.25. The Labute approximate surface area is 350 Å². The predicted octanol–water partition coefficient (Wildman–Crippen LogP) is 10.1. The molecule has 2 heterocycles. The van der Waals surface area contributed by atoms with Crippen LogP contribution in [0.15, 0.2) is 167 Å². The number of aromatic nitrogens is 2. The lowest BCUT2D eigenvalue weighted by atomic mass is 9.98. The molecule has 6 aromatic carbocycles. The van der Waals surface area contributed by atoms with E-state index in [9.17, 15) is 24.3 Å². The number of carboxylic acid groups (broad SMARTS) is 1. The summed E-state index contributed by atoms with van der Waals surface area (Å²) in [5.41, 5.74) is 7.93. The molecule has 8 nitrogen and oxygen atoms in total. The van der Waals surface area contributed by atoms with Crippen LogP contribution in [-0.4, -0.2) is 33.3 Å². The zero-order chi connectivity index (χ0) is 41.5. The van der Waals surface area contributed by atoms with Gasteiger partial charge in [0, 0.05) is 22.2 Å². The number of carbonyl (C=O) groups is 2. The second-order valence-corrected chi connectivity index (χ2v) is 14.9. The molecule has 0 aliphatic rings. The van der Waals surface area contributed by atoms with Crippen molar-refractivity contribution >= 4 is 56.9 Å². The minimum Gasteiger partial charge on any atom is -0.478 e. The number of hydrogen-bond donors (Lipinski definition) is 1. The highest BCUT2D eigenvalue weighted by atomic mass is 35.5. The van der Waals surface area contributed by atoms with E-state index in [4.69, 9.17) is 27.9 Å². The lowest BCUT2D eigenvalue weighted by Gasteiger charge is -2.13. The number of methoxy groups -OCH3 is 1. The second-order valence-electron chi connectivity index (χ2n) is 14.0. The summed E-state index contributed by atoms with van der Waals surface area (Å²) >= 11 is 12.0. The number of benzene rings is 6. The Morgan fingerprint density at radius 3 is 1.41 bits per heavy atom. The number of fused-ring (bicyclic) bond motifs is 2. The third kappa shape index (κ3) is 9.70. The third-order valence-corrected chi connectivity index (χ3v) is 10.5. The SMILES string of the molecule is COC(=O)c1cc(Cl)ccc1Cc1ccc2c(ccc(=O)n2Cc2ccccc2)c1.O=C(O)c1cc(Cl)ccc1Cc1ccc2c(ccc(=O)n2Cc2ccccc2)c1. The predicted molar refractivity (Wildman–Crippen MR) is 234 cm³/mol. The van der Waals surface area contributed by atoms with Crippen molar-refractivity contribution in [2.75, 3.05) is 7.11 Å². The maximum absolute atomic E-state index is 12.5. The van der Waals surface area contributed by atoms with Gasteiger partial charge in [0.25, 0.3) is 11.1 Å². The minimum atomic E-state index is -1.00. The quantitative estimate of drug-likeness (QED) is 0.138. The second kappa shape index (κ2) is 18.2. The fourth-order valence-electron chi connectivity index (χ4n) is 7.13. The Morgan fingerprint density at radius 1 is 0.525 bits per heavy atom. The van der Waals surface area contributed by atoms with E-state index in [0.29, 0.717) is 47.1 Å². The first-order chi connectivity index (χ1) is 28.6. The Kier molecular flexibility index (Phi) is 12.5. The normalized spacial score (nSPS) is 10.9. The molecule has 1 N–H and O–H groups in total. The maximum Gasteiger partial charge on any atom is 0.338 e. The van der Waals surface area contributed by atoms with E-state index in [-0.39, 0.29) is 16.7 Å². The van der Waals surface area contributed by atoms with Gasteiger partial charge in [-0.15, -0.1) is 0 Å². The van der Waals surface area contributed by atoms with Crippen molar-refractivity contribution in [2.45, 2.75) is 25.9 Å². The molecule has 0 spiro atoms. The zero-order valence-corrected chi connectivity index (χ0v) is 33.5. The summed E-state index contributed by atoms with van der Waals surface area (Å²) in [6, 6.07) is 48.6. The highest BCUT2D eigenvalue weighted by molar-refractivity contribution is 6.31. The van der Waals surface area contributed by atoms with Crippen LogP contribution in [0.5, 0.6) is 0 Å². The van der Waals surface area contributed by atoms with Gasteiger partial charge in [-0.2, -0.15) is 0 Å². The van der Waals surface area contributed by atoms with E-state index in [2.05, 4.69) is 0 Å². The number of ether oxygens (including phenoxy) is 1. The van der Waals surface area contributed by atoms with Crippen molar-refractivity contribution in [1.82, 2.24) is 9.13 Å². The van der Waals surface area contributed by atoms with Crippen LogP contribution in [0.2, 0.25) is 10.0 Å². The van der Waals surface area contributed by atoms with Crippen LogP contribution < -0.4 is 11.1 Å². The Bertz CT molecular complexity index is 2940. The van der Waals surface area contributed by atoms with Gasteiger partial charge < -0.3 is 19.0 Å². The van der Waals surface area contributed by atoms with Gasteiger partial charge in [0.15, 0.2) is 0 Å². The highest BCUT2D eigenvalue weighted by Gasteiger charge is 2.15. The van der Waals surface area contributed by atoms with Crippen molar-refractivity contribution < 1.29 is 19.4 Å². The summed E-state index contributed by atoms with van der Waals surface area (Å²) in [6.45, 7) is 1.01. The number of carbonyl (C=O) groups excluding carboxylic acids is 1. The largest absolute Gasteiger partial charge is 0.478 e. The van der Waals surface area contributed by atoms with E-state index in [0.717, 1.165) is 49.6 Å². The summed E-state index contributed by atoms with van der Waals surface area (Å²) in [5, 5.41) is 12.2. The van der Waals surface area contributed by atoms with Crippen LogP contribution in [0.1, 0.15) is 54.1 Å². The average molecular weight is 822 g/mol. The smallest absolute Gasteiger partial charge is 0.338 e. The van der Waals surface area contributed by atoms with Crippen molar-refractivity contribution in [3.8, 4) is 0 Å². The Morgan fingerprint density at radius 2 is 0.966 bits per heavy atom. The summed E-state index contributed by atoms with van der Waals surface area (Å²) in [4.78, 5) is 48.6. The molecule has 8 aromatic rings. The van der Waals surface area contributed by atoms with Gasteiger partial charge in [-0.1, -0.05) is 108 Å². The molecule has 0 saturated carbocycles. The highest BCUT2D eigenvalue weighted by Crippen LogP contribution is 2.24. The molecule has 0 amide bonds. The van der Waals surface area contributed by atoms with Crippen LogP contribution >= 0.6 is 23.2 Å². The lowest BCUT2D eigenvalue weighted by molar-refractivity contribution is 0.0598. The first kappa shape index (κ1) is 40.5. The van der Waals surface area contributed by atoms with Crippen molar-refractivity contribution in [3.63, 3.8) is 0 Å². The first-order valence-corrected chi connectivity index (χ1v) is 19.5. The molecule has 294 valence electrons. The van der Waals surface area contributed by atoms with Gasteiger partial charge in [-0.3, -0.25) is 9.59 Å². The molecule has 0 aliphatic heterocycles. The molecule has 0 unspecified atom stereocenters. The molecule has 0 bridgehead atoms. The van der Waals surface area contributed by atoms with E-state index in [1.54, 1.807) is 45.5 Å². The molecule has 2 aromatic heterocycles. The van der Waals surface area contributed by atoms with Gasteiger partial charge in [-0.05, 0) is 118 Å². The van der Waals surface area contributed by atoms with Gasteiger partial charge in [0.2, 0.25) is 0 Å². The Balaban J connectivity index is 0.000000179. The maximum atomic E-state index is 12.5. The van der Waals surface area contributed by atoms with Gasteiger partial charge in [0.1, 0.15) is 0 Å². The number of rotatable bonds is 10. The van der Waals surface area contributed by atoms with Crippen LogP contribution in [-0.2, 0) is 30.7 Å². The third-order valence-electron chi connectivity index (χ3n) is 10.0. The topological polar surface area (TPSA) is 108 Å². The van der Waals surface area contributed by atoms with Crippen LogP contribution in [0.3, 0.4) is 0 Å². The summed E-state index contributed by atoms with van der Waals surface area (Å²) in [7, 11) is 1.36. The number of halogens is 2. The molecule has 8 rings (SSSR count). The van der Waals surface area contributed by atoms with Crippen molar-refractivity contribution in [1.29, 1.82) is 0 Å². The van der Waals surface area contributed by atoms with E-state index in [1.165, 1.54) is 13.2 Å². The zero-order valence-electron chi connectivity index (χ0n) is 32.0. The lowest BCUT2D eigenvalue weighted by Crippen LogP contribution is -2.19. The monoisotopic (exact) mass is 820 g/mol. The van der Waals surface area contributed by atoms with Gasteiger partial charge in [-0.25, -0.2) is 9.59 Å². The van der Waals surface area contributed by atoms with Gasteiger partial charge >= 0.3 is 11.9 Å². The number of aromatic carboxylic acids is 1. The molecule has 0 aliphatic carbocycles. The molecule has 0 atom stereocenters. The molecular formula is C49H38Cl2N2O6. The van der Waals surface area contributed by atoms with E-state index in [1.807, 2.05) is 115 Å². The summed E-state index contributed by atoms with van der Waals surface area (Å²) in [5.74, 6) is -1.41. The molecule has 10 heteroatoms. The van der Waals surface area contributed by atoms with Crippen LogP contribution in [0.4, 0.5) is 0 Å². The van der Waals surface area contributed by atoms with Crippen LogP contribution in [0.25, 0.3) is 21.8 Å². The van der Waals surface area contributed by atoms with E-state index < -0.39 is 11.9 Å². The number of nitrogens with zero attached hydrogens (tertiary/aromatic N) is 2. The standard InChI is InChI=1S/C25H20ClNO3.C24H18ClNO3/c1-30-25(29)22-15-21(26)10-8-19(22)13-18-7-11-23-20(14-18)9-12-24(28)27(23)16-17-5-3-2-4-6-17;25-20-9-7-18(21(14-20)24(28)29)12-17-6-10-22-19(13-17)8-11-23(27)26(22)15-16-4-2-1-3-5-16/h2-12,14-15H,13,16H2,1H3;1-11,13-14H,12,15H2,(H,28,29). The minimum absolute atomic E-state index is 0.0372. The first-order valence-electron chi connectivity index (χ1n) is 18.8. The van der Waals surface area contributed by atoms with Crippen molar-refractivity contribution in [2.24, 2.45) is 0 Å².